The maximum atomic E-state index is 11.4. The van der Waals surface area contributed by atoms with Gasteiger partial charge in [-0.15, -0.1) is 0 Å². The topological polar surface area (TPSA) is 73.8 Å². The molecule has 0 atom stereocenters. The van der Waals surface area contributed by atoms with Crippen molar-refractivity contribution in [2.45, 2.75) is 13.5 Å². The van der Waals surface area contributed by atoms with Gasteiger partial charge in [-0.25, -0.2) is 9.61 Å². The third-order valence-corrected chi connectivity index (χ3v) is 2.12. The number of hydrogen-bond donors (Lipinski definition) is 0. The van der Waals surface area contributed by atoms with E-state index in [0.717, 1.165) is 0 Å². The number of hydrogen-bond acceptors (Lipinski definition) is 5. The van der Waals surface area contributed by atoms with Gasteiger partial charge in [0.2, 0.25) is 0 Å². The van der Waals surface area contributed by atoms with Crippen LogP contribution in [0.2, 0.25) is 5.15 Å². The Morgan fingerprint density at radius 3 is 2.93 bits per heavy atom. The fourth-order valence-corrected chi connectivity index (χ4v) is 1.21. The van der Waals surface area contributed by atoms with Crippen LogP contribution in [0.4, 0.5) is 0 Å². The average molecular weight is 227 g/mol. The Bertz CT molecular complexity index is 533. The first-order valence-electron chi connectivity index (χ1n) is 4.17. The minimum Gasteiger partial charge on any atom is -0.293 e. The molecule has 0 amide bonds. The zero-order chi connectivity index (χ0) is 10.8. The maximum Gasteiger partial charge on any atom is 0.255 e. The molecule has 2 heterocycles. The van der Waals surface area contributed by atoms with E-state index >= 15 is 0 Å². The number of rotatable bonds is 2. The standard InChI is InChI=1S/C8H7ClN4O2/c1-5-6(12-15-11-5)3-13-4-10-7(9)2-8(13)14/h2,4H,3H2,1H3. The molecule has 0 aliphatic carbocycles. The molecule has 2 rings (SSSR count). The molecule has 7 heteroatoms. The highest BCUT2D eigenvalue weighted by molar-refractivity contribution is 6.29. The summed E-state index contributed by atoms with van der Waals surface area (Å²) in [6.45, 7) is 2.03. The number of aryl methyl sites for hydroxylation is 1. The van der Waals surface area contributed by atoms with Gasteiger partial charge in [0.1, 0.15) is 16.5 Å². The number of aromatic nitrogens is 4. The van der Waals surface area contributed by atoms with Crippen LogP contribution in [0.1, 0.15) is 11.4 Å². The molecule has 0 saturated carbocycles. The number of nitrogens with zero attached hydrogens (tertiary/aromatic N) is 4. The lowest BCUT2D eigenvalue weighted by molar-refractivity contribution is 0.300. The minimum absolute atomic E-state index is 0.172. The molecular formula is C8H7ClN4O2. The molecule has 0 N–H and O–H groups in total. The Labute approximate surface area is 89.5 Å². The summed E-state index contributed by atoms with van der Waals surface area (Å²) in [6.07, 6.45) is 1.36. The quantitative estimate of drug-likeness (QED) is 0.703. The summed E-state index contributed by atoms with van der Waals surface area (Å²) in [5.41, 5.74) is 1.01. The van der Waals surface area contributed by atoms with Gasteiger partial charge in [-0.05, 0) is 6.92 Å². The lowest BCUT2D eigenvalue weighted by atomic mass is 10.3. The van der Waals surface area contributed by atoms with Crippen LogP contribution in [-0.2, 0) is 6.54 Å². The van der Waals surface area contributed by atoms with E-state index in [-0.39, 0.29) is 17.3 Å². The molecule has 0 aliphatic rings. The van der Waals surface area contributed by atoms with Gasteiger partial charge in [0, 0.05) is 6.07 Å². The molecule has 0 aromatic carbocycles. The van der Waals surface area contributed by atoms with Gasteiger partial charge in [-0.2, -0.15) is 0 Å². The molecule has 0 radical (unpaired) electrons. The van der Waals surface area contributed by atoms with Crippen LogP contribution in [-0.4, -0.2) is 19.9 Å². The monoisotopic (exact) mass is 226 g/mol. The van der Waals surface area contributed by atoms with Crippen molar-refractivity contribution in [2.75, 3.05) is 0 Å². The van der Waals surface area contributed by atoms with Crippen molar-refractivity contribution in [3.05, 3.63) is 39.3 Å². The largest absolute Gasteiger partial charge is 0.293 e. The molecule has 0 fully saturated rings. The second kappa shape index (κ2) is 3.82. The Morgan fingerprint density at radius 2 is 2.33 bits per heavy atom. The Morgan fingerprint density at radius 1 is 1.53 bits per heavy atom. The molecule has 6 nitrogen and oxygen atoms in total. The van der Waals surface area contributed by atoms with Crippen molar-refractivity contribution in [3.8, 4) is 0 Å². The maximum absolute atomic E-state index is 11.4. The van der Waals surface area contributed by atoms with E-state index in [1.165, 1.54) is 17.0 Å². The predicted octanol–water partition coefficient (Wildman–Crippen LogP) is 0.636. The van der Waals surface area contributed by atoms with Crippen LogP contribution in [0.25, 0.3) is 0 Å². The highest BCUT2D eigenvalue weighted by Crippen LogP contribution is 2.02. The van der Waals surface area contributed by atoms with E-state index in [2.05, 4.69) is 19.9 Å². The fraction of sp³-hybridized carbons (Fsp3) is 0.250. The smallest absolute Gasteiger partial charge is 0.255 e. The molecule has 78 valence electrons. The Balaban J connectivity index is 2.33. The summed E-state index contributed by atoms with van der Waals surface area (Å²) in [4.78, 5) is 15.2. The van der Waals surface area contributed by atoms with Crippen LogP contribution in [0.15, 0.2) is 21.8 Å². The van der Waals surface area contributed by atoms with Crippen LogP contribution in [0.3, 0.4) is 0 Å². The molecule has 0 aliphatic heterocycles. The summed E-state index contributed by atoms with van der Waals surface area (Å²) >= 11 is 5.56. The Hall–Kier alpha value is -1.69. The van der Waals surface area contributed by atoms with Gasteiger partial charge in [0.25, 0.3) is 5.56 Å². The summed E-state index contributed by atoms with van der Waals surface area (Å²) < 4.78 is 5.89. The molecule has 2 aromatic heterocycles. The zero-order valence-corrected chi connectivity index (χ0v) is 8.60. The first-order chi connectivity index (χ1) is 7.16. The summed E-state index contributed by atoms with van der Waals surface area (Å²) in [5, 5.41) is 7.45. The van der Waals surface area contributed by atoms with E-state index in [9.17, 15) is 4.79 Å². The van der Waals surface area contributed by atoms with Gasteiger partial charge < -0.3 is 0 Å². The number of halogens is 1. The van der Waals surface area contributed by atoms with Crippen LogP contribution in [0, 0.1) is 6.92 Å². The van der Waals surface area contributed by atoms with Gasteiger partial charge in [-0.3, -0.25) is 9.36 Å². The van der Waals surface area contributed by atoms with E-state index in [1.807, 2.05) is 0 Å². The zero-order valence-electron chi connectivity index (χ0n) is 7.85. The van der Waals surface area contributed by atoms with Crippen molar-refractivity contribution in [2.24, 2.45) is 0 Å². The van der Waals surface area contributed by atoms with Crippen molar-refractivity contribution in [3.63, 3.8) is 0 Å². The first kappa shape index (κ1) is 9.85. The van der Waals surface area contributed by atoms with Gasteiger partial charge in [-0.1, -0.05) is 21.9 Å². The molecule has 0 spiro atoms. The highest BCUT2D eigenvalue weighted by Gasteiger charge is 2.07. The van der Waals surface area contributed by atoms with E-state index < -0.39 is 0 Å². The van der Waals surface area contributed by atoms with Gasteiger partial charge >= 0.3 is 0 Å². The van der Waals surface area contributed by atoms with E-state index in [0.29, 0.717) is 11.4 Å². The first-order valence-corrected chi connectivity index (χ1v) is 4.54. The normalized spacial score (nSPS) is 10.5. The second-order valence-corrected chi connectivity index (χ2v) is 3.36. The average Bonchev–Trinajstić information content (AvgIpc) is 2.57. The molecule has 0 bridgehead atoms. The second-order valence-electron chi connectivity index (χ2n) is 2.97. The van der Waals surface area contributed by atoms with Crippen molar-refractivity contribution in [1.82, 2.24) is 19.9 Å². The van der Waals surface area contributed by atoms with Gasteiger partial charge in [0.05, 0.1) is 12.9 Å². The summed E-state index contributed by atoms with van der Waals surface area (Å²) in [5.74, 6) is 0. The van der Waals surface area contributed by atoms with E-state index in [4.69, 9.17) is 11.6 Å². The lowest BCUT2D eigenvalue weighted by Crippen LogP contribution is -2.20. The summed E-state index contributed by atoms with van der Waals surface area (Å²) in [6, 6.07) is 1.24. The predicted molar refractivity (Wildman–Crippen MR) is 51.6 cm³/mol. The third kappa shape index (κ3) is 2.04. The molecule has 2 aromatic rings. The van der Waals surface area contributed by atoms with E-state index in [1.54, 1.807) is 6.92 Å². The van der Waals surface area contributed by atoms with Gasteiger partial charge in [0.15, 0.2) is 0 Å². The van der Waals surface area contributed by atoms with Crippen molar-refractivity contribution >= 4 is 11.6 Å². The van der Waals surface area contributed by atoms with Crippen LogP contribution in [0.5, 0.6) is 0 Å². The third-order valence-electron chi connectivity index (χ3n) is 1.91. The molecule has 0 saturated heterocycles. The molecule has 15 heavy (non-hydrogen) atoms. The van der Waals surface area contributed by atoms with Crippen LogP contribution >= 0.6 is 11.6 Å². The van der Waals surface area contributed by atoms with Crippen molar-refractivity contribution < 1.29 is 4.63 Å². The summed E-state index contributed by atoms with van der Waals surface area (Å²) in [7, 11) is 0. The minimum atomic E-state index is -0.239. The fourth-order valence-electron chi connectivity index (χ4n) is 1.08. The lowest BCUT2D eigenvalue weighted by Gasteiger charge is -2.01. The van der Waals surface area contributed by atoms with Crippen LogP contribution < -0.4 is 5.56 Å². The SMILES string of the molecule is Cc1nonc1Cn1cnc(Cl)cc1=O. The molecule has 0 unspecified atom stereocenters. The molecular weight excluding hydrogens is 220 g/mol. The Kier molecular flexibility index (Phi) is 2.51. The highest BCUT2D eigenvalue weighted by atomic mass is 35.5. The van der Waals surface area contributed by atoms with Crippen molar-refractivity contribution in [1.29, 1.82) is 0 Å².